The van der Waals surface area contributed by atoms with Crippen LogP contribution in [0, 0.1) is 18.6 Å². The molecule has 29 heavy (non-hydrogen) atoms. The summed E-state index contributed by atoms with van der Waals surface area (Å²) in [5, 5.41) is 11.7. The van der Waals surface area contributed by atoms with Gasteiger partial charge in [0, 0.05) is 17.0 Å². The third-order valence-electron chi connectivity index (χ3n) is 5.02. The molecule has 0 atom stereocenters. The van der Waals surface area contributed by atoms with Crippen molar-refractivity contribution >= 4 is 45.6 Å². The maximum absolute atomic E-state index is 12.6. The third-order valence-corrected chi connectivity index (χ3v) is 6.38. The van der Waals surface area contributed by atoms with Gasteiger partial charge in [-0.2, -0.15) is 5.10 Å². The highest BCUT2D eigenvalue weighted by atomic mass is 32.1. The van der Waals surface area contributed by atoms with Crippen molar-refractivity contribution in [3.63, 3.8) is 0 Å². The van der Waals surface area contributed by atoms with Crippen molar-refractivity contribution in [2.75, 3.05) is 5.32 Å². The van der Waals surface area contributed by atoms with Crippen molar-refractivity contribution in [1.82, 2.24) is 19.7 Å². The number of aromatic amines is 1. The molecule has 1 fully saturated rings. The van der Waals surface area contributed by atoms with Gasteiger partial charge in [-0.15, -0.1) is 0 Å². The van der Waals surface area contributed by atoms with E-state index in [1.54, 1.807) is 6.26 Å². The van der Waals surface area contributed by atoms with Crippen molar-refractivity contribution < 1.29 is 9.21 Å². The largest absolute Gasteiger partial charge is 0.464 e. The van der Waals surface area contributed by atoms with Gasteiger partial charge in [-0.3, -0.25) is 14.5 Å². The van der Waals surface area contributed by atoms with Crippen LogP contribution in [0.5, 0.6) is 0 Å². The number of thiazole rings is 1. The number of nitrogens with zero attached hydrogens (tertiary/aromatic N) is 3. The Kier molecular flexibility index (Phi) is 4.36. The number of aromatic nitrogens is 4. The Labute approximate surface area is 175 Å². The van der Waals surface area contributed by atoms with E-state index in [-0.39, 0.29) is 12.3 Å². The van der Waals surface area contributed by atoms with Crippen molar-refractivity contribution in [2.24, 2.45) is 0 Å². The molecular weight excluding hydrogens is 406 g/mol. The lowest BCUT2D eigenvalue weighted by molar-refractivity contribution is -0.115. The highest BCUT2D eigenvalue weighted by molar-refractivity contribution is 7.71. The molecule has 9 heteroatoms. The summed E-state index contributed by atoms with van der Waals surface area (Å²) in [5.41, 5.74) is 3.60. The van der Waals surface area contributed by atoms with Crippen molar-refractivity contribution in [3.8, 4) is 10.7 Å². The fourth-order valence-electron chi connectivity index (χ4n) is 3.46. The standard InChI is InChI=1S/C20H19N5O2S2/c1-10-3-6-14-12(9-27-15(14)7-10)8-16(26)22-19-21-11(2)17(29-19)18-23-24-20(28)25(18)13-4-5-13/h3,6-7,9,13H,4-5,8H2,1-2H3,(H,24,28)(H,21,22,26). The van der Waals surface area contributed by atoms with Gasteiger partial charge in [-0.25, -0.2) is 4.98 Å². The number of benzene rings is 1. The maximum atomic E-state index is 12.6. The molecule has 148 valence electrons. The van der Waals surface area contributed by atoms with Gasteiger partial charge in [0.05, 0.1) is 23.3 Å². The van der Waals surface area contributed by atoms with Gasteiger partial charge in [-0.05, 0) is 50.5 Å². The van der Waals surface area contributed by atoms with Crippen LogP contribution in [0.2, 0.25) is 0 Å². The molecule has 7 nitrogen and oxygen atoms in total. The minimum absolute atomic E-state index is 0.130. The smallest absolute Gasteiger partial charge is 0.230 e. The average molecular weight is 426 g/mol. The van der Waals surface area contributed by atoms with Crippen LogP contribution in [0.3, 0.4) is 0 Å². The van der Waals surface area contributed by atoms with Gasteiger partial charge in [0.1, 0.15) is 5.58 Å². The number of amides is 1. The molecular formula is C20H19N5O2S2. The molecule has 1 saturated carbocycles. The van der Waals surface area contributed by atoms with Gasteiger partial charge in [0.25, 0.3) is 0 Å². The van der Waals surface area contributed by atoms with E-state index in [1.807, 2.05) is 32.0 Å². The molecule has 0 aliphatic heterocycles. The number of H-pyrrole nitrogens is 1. The quantitative estimate of drug-likeness (QED) is 0.442. The molecule has 2 N–H and O–H groups in total. The highest BCUT2D eigenvalue weighted by Gasteiger charge is 2.29. The van der Waals surface area contributed by atoms with Crippen LogP contribution >= 0.6 is 23.6 Å². The molecule has 0 radical (unpaired) electrons. The minimum atomic E-state index is -0.130. The molecule has 1 aliphatic rings. The van der Waals surface area contributed by atoms with Crippen molar-refractivity contribution in [2.45, 2.75) is 39.2 Å². The van der Waals surface area contributed by atoms with E-state index >= 15 is 0 Å². The molecule has 0 spiro atoms. The van der Waals surface area contributed by atoms with Crippen LogP contribution in [0.15, 0.2) is 28.9 Å². The number of rotatable bonds is 5. The van der Waals surface area contributed by atoms with Crippen LogP contribution < -0.4 is 5.32 Å². The molecule has 0 bridgehead atoms. The molecule has 3 aromatic heterocycles. The monoisotopic (exact) mass is 425 g/mol. The Bertz CT molecular complexity index is 1290. The molecule has 1 amide bonds. The first kappa shape index (κ1) is 18.3. The summed E-state index contributed by atoms with van der Waals surface area (Å²) in [4.78, 5) is 18.0. The molecule has 3 heterocycles. The maximum Gasteiger partial charge on any atom is 0.230 e. The Hall–Kier alpha value is -2.78. The summed E-state index contributed by atoms with van der Waals surface area (Å²) in [6.07, 6.45) is 4.10. The summed E-state index contributed by atoms with van der Waals surface area (Å²) >= 11 is 6.79. The molecule has 0 saturated heterocycles. The Morgan fingerprint density at radius 2 is 2.24 bits per heavy atom. The van der Waals surface area contributed by atoms with Crippen LogP contribution in [0.1, 0.15) is 35.7 Å². The lowest BCUT2D eigenvalue weighted by Gasteiger charge is -2.02. The lowest BCUT2D eigenvalue weighted by Crippen LogP contribution is -2.13. The van der Waals surface area contributed by atoms with E-state index in [4.69, 9.17) is 16.6 Å². The van der Waals surface area contributed by atoms with Crippen molar-refractivity contribution in [1.29, 1.82) is 0 Å². The van der Waals surface area contributed by atoms with E-state index < -0.39 is 0 Å². The molecule has 4 aromatic rings. The number of carbonyl (C=O) groups is 1. The highest BCUT2D eigenvalue weighted by Crippen LogP contribution is 2.40. The fourth-order valence-corrected chi connectivity index (χ4v) is 4.71. The number of carbonyl (C=O) groups excluding carboxylic acids is 1. The van der Waals surface area contributed by atoms with Crippen LogP contribution in [-0.4, -0.2) is 25.7 Å². The zero-order chi connectivity index (χ0) is 20.1. The Balaban J connectivity index is 1.36. The third kappa shape index (κ3) is 3.40. The van der Waals surface area contributed by atoms with Crippen LogP contribution in [0.4, 0.5) is 5.13 Å². The normalized spacial score (nSPS) is 13.9. The Morgan fingerprint density at radius 1 is 1.41 bits per heavy atom. The summed E-state index contributed by atoms with van der Waals surface area (Å²) in [6.45, 7) is 3.93. The number of nitrogens with one attached hydrogen (secondary N) is 2. The second-order valence-electron chi connectivity index (χ2n) is 7.37. The van der Waals surface area contributed by atoms with Crippen molar-refractivity contribution in [3.05, 3.63) is 46.1 Å². The Morgan fingerprint density at radius 3 is 3.03 bits per heavy atom. The molecule has 1 aromatic carbocycles. The predicted molar refractivity (Wildman–Crippen MR) is 115 cm³/mol. The van der Waals surface area contributed by atoms with Crippen LogP contribution in [-0.2, 0) is 11.2 Å². The van der Waals surface area contributed by atoms with Gasteiger partial charge in [0.2, 0.25) is 5.91 Å². The predicted octanol–water partition coefficient (Wildman–Crippen LogP) is 4.94. The van der Waals surface area contributed by atoms with Gasteiger partial charge in [-0.1, -0.05) is 23.5 Å². The van der Waals surface area contributed by atoms with E-state index in [0.717, 1.165) is 51.3 Å². The number of anilines is 1. The van der Waals surface area contributed by atoms with E-state index in [2.05, 4.69) is 25.1 Å². The summed E-state index contributed by atoms with van der Waals surface area (Å²) in [6, 6.07) is 6.39. The lowest BCUT2D eigenvalue weighted by atomic mass is 10.1. The molecule has 5 rings (SSSR count). The van der Waals surface area contributed by atoms with Gasteiger partial charge in [0.15, 0.2) is 15.7 Å². The zero-order valence-corrected chi connectivity index (χ0v) is 17.6. The first-order valence-electron chi connectivity index (χ1n) is 9.41. The van der Waals surface area contributed by atoms with E-state index in [0.29, 0.717) is 15.9 Å². The number of aryl methyl sites for hydroxylation is 2. The summed E-state index contributed by atoms with van der Waals surface area (Å²) < 4.78 is 8.27. The van der Waals surface area contributed by atoms with Gasteiger partial charge >= 0.3 is 0 Å². The van der Waals surface area contributed by atoms with Crippen LogP contribution in [0.25, 0.3) is 21.7 Å². The second kappa shape index (κ2) is 6.93. The topological polar surface area (TPSA) is 88.7 Å². The SMILES string of the molecule is Cc1ccc2c(CC(=O)Nc3nc(C)c(-c4n[nH]c(=S)n4C4CC4)s3)coc2c1. The first-order chi connectivity index (χ1) is 14.0. The van der Waals surface area contributed by atoms with E-state index in [9.17, 15) is 4.79 Å². The van der Waals surface area contributed by atoms with Gasteiger partial charge < -0.3 is 9.73 Å². The summed E-state index contributed by atoms with van der Waals surface area (Å²) in [7, 11) is 0. The zero-order valence-electron chi connectivity index (χ0n) is 16.0. The average Bonchev–Trinajstić information content (AvgIpc) is 3.19. The molecule has 0 unspecified atom stereocenters. The second-order valence-corrected chi connectivity index (χ2v) is 8.76. The number of hydrogen-bond acceptors (Lipinski definition) is 6. The first-order valence-corrected chi connectivity index (χ1v) is 10.6. The summed E-state index contributed by atoms with van der Waals surface area (Å²) in [5.74, 6) is 0.666. The molecule has 1 aliphatic carbocycles. The number of hydrogen-bond donors (Lipinski definition) is 2. The van der Waals surface area contributed by atoms with E-state index in [1.165, 1.54) is 11.3 Å². The number of fused-ring (bicyclic) bond motifs is 1. The number of furan rings is 1. The minimum Gasteiger partial charge on any atom is -0.464 e. The fraction of sp³-hybridized carbons (Fsp3) is 0.300.